The summed E-state index contributed by atoms with van der Waals surface area (Å²) in [6.07, 6.45) is -1.72. The molecular formula is C17H25F6N2O8S2-. The minimum absolute atomic E-state index is 0.180. The molecule has 206 valence electrons. The Morgan fingerprint density at radius 1 is 0.943 bits per heavy atom. The van der Waals surface area contributed by atoms with Crippen LogP contribution in [0.1, 0.15) is 40.0 Å². The summed E-state index contributed by atoms with van der Waals surface area (Å²) in [5.41, 5.74) is -0.710. The number of nitrogens with zero attached hydrogens (tertiary/aromatic N) is 2. The molecule has 1 N–H and O–H groups in total. The van der Waals surface area contributed by atoms with Crippen molar-refractivity contribution in [3.8, 4) is 0 Å². The predicted octanol–water partition coefficient (Wildman–Crippen LogP) is 0.973. The van der Waals surface area contributed by atoms with Gasteiger partial charge in [0.1, 0.15) is 11.9 Å². The molecule has 0 spiro atoms. The van der Waals surface area contributed by atoms with E-state index in [2.05, 4.69) is 0 Å². The number of aliphatic hydroxyl groups excluding tert-OH is 1. The Labute approximate surface area is 198 Å². The second-order valence-electron chi connectivity index (χ2n) is 8.51. The smallest absolute Gasteiger partial charge is 0.428 e. The maximum Gasteiger partial charge on any atom is 0.428 e. The number of Topliss-reactive ketones (excluding diaryl/α,β-unsaturated/α-hetero) is 1. The van der Waals surface area contributed by atoms with Crippen LogP contribution in [0.3, 0.4) is 0 Å². The van der Waals surface area contributed by atoms with Crippen LogP contribution in [-0.2, 0) is 29.7 Å². The highest BCUT2D eigenvalue weighted by atomic mass is 32.2. The highest BCUT2D eigenvalue weighted by molar-refractivity contribution is 7.90. The Balaban J connectivity index is 2.93. The van der Waals surface area contributed by atoms with E-state index in [1.165, 1.54) is 0 Å². The minimum Gasteiger partial charge on any atom is -0.743 e. The van der Waals surface area contributed by atoms with Crippen molar-refractivity contribution in [3.63, 3.8) is 0 Å². The van der Waals surface area contributed by atoms with Gasteiger partial charge in [0.05, 0.1) is 0 Å². The zero-order valence-electron chi connectivity index (χ0n) is 18.8. The quantitative estimate of drug-likeness (QED) is 0.288. The molecule has 1 aliphatic heterocycles. The van der Waals surface area contributed by atoms with Gasteiger partial charge in [0.25, 0.3) is 15.9 Å². The van der Waals surface area contributed by atoms with Gasteiger partial charge in [-0.25, -0.2) is 16.8 Å². The number of hydrogen-bond donors (Lipinski definition) is 1. The number of amides is 1. The highest BCUT2D eigenvalue weighted by Crippen LogP contribution is 2.51. The molecule has 35 heavy (non-hydrogen) atoms. The van der Waals surface area contributed by atoms with E-state index in [0.717, 1.165) is 4.90 Å². The topological polar surface area (TPSA) is 152 Å². The summed E-state index contributed by atoms with van der Waals surface area (Å²) < 4.78 is 137. The summed E-state index contributed by atoms with van der Waals surface area (Å²) >= 11 is 0. The van der Waals surface area contributed by atoms with Gasteiger partial charge < -0.3 is 14.6 Å². The van der Waals surface area contributed by atoms with Crippen molar-refractivity contribution >= 4 is 31.8 Å². The van der Waals surface area contributed by atoms with Gasteiger partial charge >= 0.3 is 16.4 Å². The maximum absolute atomic E-state index is 14.1. The molecule has 0 bridgehead atoms. The van der Waals surface area contributed by atoms with Crippen LogP contribution in [0, 0.1) is 5.41 Å². The molecule has 18 heteroatoms. The fourth-order valence-corrected chi connectivity index (χ4v) is 4.86. The van der Waals surface area contributed by atoms with Gasteiger partial charge in [-0.1, -0.05) is 20.8 Å². The van der Waals surface area contributed by atoms with Gasteiger partial charge in [0, 0.05) is 38.0 Å². The number of carbonyl (C=O) groups excluding carboxylic acids is 2. The largest absolute Gasteiger partial charge is 0.743 e. The Morgan fingerprint density at radius 2 is 1.40 bits per heavy atom. The normalized spacial score (nSPS) is 18.4. The number of sulfonamides is 1. The lowest BCUT2D eigenvalue weighted by atomic mass is 9.83. The Kier molecular flexibility index (Phi) is 9.10. The highest BCUT2D eigenvalue weighted by Gasteiger charge is 2.80. The first-order chi connectivity index (χ1) is 15.5. The van der Waals surface area contributed by atoms with Gasteiger partial charge in [0.15, 0.2) is 10.1 Å². The minimum atomic E-state index is -7.39. The van der Waals surface area contributed by atoms with Crippen LogP contribution in [0.2, 0.25) is 0 Å². The molecule has 1 saturated heterocycles. The summed E-state index contributed by atoms with van der Waals surface area (Å²) in [6, 6.07) is 0. The van der Waals surface area contributed by atoms with Crippen LogP contribution in [0.4, 0.5) is 26.3 Å². The van der Waals surface area contributed by atoms with Crippen molar-refractivity contribution in [3.05, 3.63) is 0 Å². The van der Waals surface area contributed by atoms with Gasteiger partial charge in [-0.2, -0.15) is 30.6 Å². The van der Waals surface area contributed by atoms with Crippen LogP contribution in [0.25, 0.3) is 0 Å². The summed E-state index contributed by atoms with van der Waals surface area (Å²) in [7, 11) is -14.0. The zero-order chi connectivity index (χ0) is 27.8. The number of carbonyl (C=O) groups is 2. The Morgan fingerprint density at radius 3 is 1.80 bits per heavy atom. The molecule has 0 aromatic rings. The molecule has 0 saturated carbocycles. The maximum atomic E-state index is 14.1. The molecule has 1 aliphatic rings. The second kappa shape index (κ2) is 10.1. The molecule has 1 heterocycles. The first-order valence-corrected chi connectivity index (χ1v) is 12.9. The standard InChI is InChI=1S/C17H26F6N2O8S2/c1-4-14(2,3)12(27)6-5-11(26)13(28)24-7-9-25(10-8-24)34(29,30)16(20,21)15(18,19)17(22,23)35(31,32)33/h11,26H,4-10H2,1-3H3,(H,31,32,33)/p-1. The summed E-state index contributed by atoms with van der Waals surface area (Å²) in [6.45, 7) is 1.44. The van der Waals surface area contributed by atoms with Crippen molar-refractivity contribution in [2.24, 2.45) is 5.41 Å². The summed E-state index contributed by atoms with van der Waals surface area (Å²) in [4.78, 5) is 25.2. The first-order valence-electron chi connectivity index (χ1n) is 10.1. The van der Waals surface area contributed by atoms with E-state index >= 15 is 0 Å². The van der Waals surface area contributed by atoms with E-state index in [1.807, 2.05) is 0 Å². The van der Waals surface area contributed by atoms with Crippen molar-refractivity contribution in [1.82, 2.24) is 9.21 Å². The van der Waals surface area contributed by atoms with E-state index in [0.29, 0.717) is 6.42 Å². The fourth-order valence-electron chi connectivity index (χ4n) is 2.94. The average molecular weight is 564 g/mol. The molecule has 1 rings (SSSR count). The second-order valence-corrected chi connectivity index (χ2v) is 11.9. The molecule has 1 amide bonds. The number of alkyl halides is 6. The van der Waals surface area contributed by atoms with Crippen LogP contribution < -0.4 is 0 Å². The number of aliphatic hydroxyl groups is 1. The van der Waals surface area contributed by atoms with Crippen molar-refractivity contribution in [1.29, 1.82) is 0 Å². The average Bonchev–Trinajstić information content (AvgIpc) is 2.75. The lowest BCUT2D eigenvalue weighted by molar-refractivity contribution is -0.247. The number of rotatable bonds is 11. The van der Waals surface area contributed by atoms with Crippen LogP contribution in [0.5, 0.6) is 0 Å². The predicted molar refractivity (Wildman–Crippen MR) is 106 cm³/mol. The van der Waals surface area contributed by atoms with Crippen molar-refractivity contribution in [2.75, 3.05) is 26.2 Å². The van der Waals surface area contributed by atoms with Crippen LogP contribution in [0.15, 0.2) is 0 Å². The number of piperazine rings is 1. The molecule has 0 radical (unpaired) electrons. The van der Waals surface area contributed by atoms with E-state index in [1.54, 1.807) is 20.8 Å². The van der Waals surface area contributed by atoms with Crippen LogP contribution >= 0.6 is 0 Å². The van der Waals surface area contributed by atoms with Crippen LogP contribution in [-0.4, -0.2) is 96.1 Å². The fraction of sp³-hybridized carbons (Fsp3) is 0.882. The van der Waals surface area contributed by atoms with Gasteiger partial charge in [-0.05, 0) is 12.8 Å². The number of ketones is 1. The van der Waals surface area contributed by atoms with Crippen molar-refractivity contribution < 1.29 is 62.4 Å². The molecule has 0 aromatic carbocycles. The molecule has 0 aromatic heterocycles. The first kappa shape index (κ1) is 31.5. The Bertz CT molecular complexity index is 1030. The third-order valence-electron chi connectivity index (χ3n) is 5.83. The SMILES string of the molecule is CCC(C)(C)C(=O)CCC(O)C(=O)N1CCN(S(=O)(=O)C(F)(F)C(F)(F)C(F)(F)S(=O)(=O)[O-])CC1. The molecule has 1 fully saturated rings. The lowest BCUT2D eigenvalue weighted by Gasteiger charge is -2.39. The number of hydrogen-bond acceptors (Lipinski definition) is 8. The Hall–Kier alpha value is -1.50. The summed E-state index contributed by atoms with van der Waals surface area (Å²) in [5.74, 6) is -8.38. The van der Waals surface area contributed by atoms with Gasteiger partial charge in [0.2, 0.25) is 0 Å². The third-order valence-corrected chi connectivity index (χ3v) is 8.66. The third kappa shape index (κ3) is 5.75. The number of halogens is 6. The monoisotopic (exact) mass is 563 g/mol. The molecule has 10 nitrogen and oxygen atoms in total. The zero-order valence-corrected chi connectivity index (χ0v) is 20.4. The molecule has 1 atom stereocenters. The van der Waals surface area contributed by atoms with Gasteiger partial charge in [-0.3, -0.25) is 9.59 Å². The van der Waals surface area contributed by atoms with Crippen molar-refractivity contribution in [2.45, 2.75) is 62.6 Å². The van der Waals surface area contributed by atoms with E-state index < -0.39 is 80.2 Å². The molecular weight excluding hydrogens is 538 g/mol. The molecule has 0 aliphatic carbocycles. The van der Waals surface area contributed by atoms with E-state index in [4.69, 9.17) is 0 Å². The molecule has 1 unspecified atom stereocenters. The van der Waals surface area contributed by atoms with E-state index in [9.17, 15) is 62.4 Å². The van der Waals surface area contributed by atoms with E-state index in [-0.39, 0.29) is 22.9 Å². The summed E-state index contributed by atoms with van der Waals surface area (Å²) in [5, 5.41) is -3.64. The lowest BCUT2D eigenvalue weighted by Crippen LogP contribution is -2.64. The van der Waals surface area contributed by atoms with Gasteiger partial charge in [-0.15, -0.1) is 0 Å².